The Morgan fingerprint density at radius 1 is 1.26 bits per heavy atom. The summed E-state index contributed by atoms with van der Waals surface area (Å²) < 4.78 is 6.07. The van der Waals surface area contributed by atoms with Crippen molar-refractivity contribution in [2.45, 2.75) is 31.9 Å². The quantitative estimate of drug-likeness (QED) is 0.720. The summed E-state index contributed by atoms with van der Waals surface area (Å²) >= 11 is 0. The summed E-state index contributed by atoms with van der Waals surface area (Å²) in [6.07, 6.45) is 3.71. The molecule has 1 fully saturated rings. The second kappa shape index (κ2) is 9.32. The third-order valence-electron chi connectivity index (χ3n) is 4.25. The first-order chi connectivity index (χ1) is 10.8. The number of hydrogen-bond donors (Lipinski definition) is 2. The number of aliphatic imine (C=N–C) groups is 1. The maximum Gasteiger partial charge on any atom is 0.191 e. The molecule has 0 saturated carbocycles. The summed E-state index contributed by atoms with van der Waals surface area (Å²) in [4.78, 5) is 6.77. The van der Waals surface area contributed by atoms with Gasteiger partial charge < -0.3 is 20.3 Å². The Kier molecular flexibility index (Phi) is 7.42. The van der Waals surface area contributed by atoms with Gasteiger partial charge in [0.2, 0.25) is 0 Å². The van der Waals surface area contributed by atoms with Crippen LogP contribution in [0.25, 0.3) is 0 Å². The van der Waals surface area contributed by atoms with Crippen molar-refractivity contribution in [3.8, 4) is 5.75 Å². The van der Waals surface area contributed by atoms with Crippen LogP contribution in [0.3, 0.4) is 0 Å². The molecule has 23 heavy (non-hydrogen) atoms. The van der Waals surface area contributed by atoms with E-state index in [2.05, 4.69) is 51.8 Å². The minimum atomic E-state index is 0. The van der Waals surface area contributed by atoms with Crippen molar-refractivity contribution in [2.75, 3.05) is 33.2 Å². The maximum atomic E-state index is 6.07. The third kappa shape index (κ3) is 5.84. The molecule has 2 aliphatic heterocycles. The van der Waals surface area contributed by atoms with E-state index in [1.165, 1.54) is 5.56 Å². The minimum absolute atomic E-state index is 0. The minimum Gasteiger partial charge on any atom is -0.490 e. The molecule has 1 aromatic carbocycles. The van der Waals surface area contributed by atoms with Crippen LogP contribution in [0.5, 0.6) is 5.75 Å². The maximum absolute atomic E-state index is 6.07. The Bertz CT molecular complexity index is 498. The van der Waals surface area contributed by atoms with E-state index in [0.29, 0.717) is 6.10 Å². The van der Waals surface area contributed by atoms with Gasteiger partial charge in [0.15, 0.2) is 5.96 Å². The van der Waals surface area contributed by atoms with Crippen molar-refractivity contribution in [3.63, 3.8) is 0 Å². The zero-order valence-electron chi connectivity index (χ0n) is 13.8. The molecule has 0 aromatic heterocycles. The molecular formula is C17H27IN4O. The molecule has 0 atom stereocenters. The van der Waals surface area contributed by atoms with Crippen LogP contribution in [0.15, 0.2) is 29.3 Å². The second-order valence-electron chi connectivity index (χ2n) is 6.13. The highest BCUT2D eigenvalue weighted by molar-refractivity contribution is 14.0. The highest BCUT2D eigenvalue weighted by atomic mass is 127. The number of piperidine rings is 1. The number of guanidine groups is 1. The molecule has 2 heterocycles. The Morgan fingerprint density at radius 3 is 2.65 bits per heavy atom. The molecule has 1 saturated heterocycles. The normalized spacial score (nSPS) is 19.3. The number of hydrogen-bond acceptors (Lipinski definition) is 5. The zero-order chi connectivity index (χ0) is 15.2. The number of rotatable bonds is 4. The predicted molar refractivity (Wildman–Crippen MR) is 105 cm³/mol. The van der Waals surface area contributed by atoms with Crippen molar-refractivity contribution >= 4 is 29.9 Å². The molecule has 3 rings (SSSR count). The van der Waals surface area contributed by atoms with E-state index in [-0.39, 0.29) is 24.0 Å². The first kappa shape index (κ1) is 18.3. The Labute approximate surface area is 155 Å². The first-order valence-corrected chi connectivity index (χ1v) is 8.26. The molecule has 5 nitrogen and oxygen atoms in total. The number of nitrogens with one attached hydrogen (secondary N) is 2. The summed E-state index contributed by atoms with van der Waals surface area (Å²) in [6, 6.07) is 8.40. The lowest BCUT2D eigenvalue weighted by Crippen LogP contribution is -2.40. The zero-order valence-corrected chi connectivity index (χ0v) is 16.1. The molecule has 0 aliphatic carbocycles. The highest BCUT2D eigenvalue weighted by Crippen LogP contribution is 2.19. The standard InChI is InChI=1S/C17H26N4O.HI/c1-21-11-7-16(8-12-21)22-15-5-3-14(4-6-15)13-20-17-18-9-2-10-19-17;/h3-6,16H,2,7-13H2,1H3,(H2,18,19,20);1H. The van der Waals surface area contributed by atoms with Gasteiger partial charge in [-0.25, -0.2) is 0 Å². The average Bonchev–Trinajstić information content (AvgIpc) is 2.57. The van der Waals surface area contributed by atoms with E-state index in [4.69, 9.17) is 4.74 Å². The molecule has 6 heteroatoms. The highest BCUT2D eigenvalue weighted by Gasteiger charge is 2.17. The van der Waals surface area contributed by atoms with E-state index in [0.717, 1.165) is 63.7 Å². The van der Waals surface area contributed by atoms with Gasteiger partial charge in [-0.05, 0) is 44.0 Å². The van der Waals surface area contributed by atoms with Crippen molar-refractivity contribution in [3.05, 3.63) is 29.8 Å². The number of halogens is 1. The molecule has 0 unspecified atom stereocenters. The van der Waals surface area contributed by atoms with Crippen LogP contribution in [0.1, 0.15) is 24.8 Å². The largest absolute Gasteiger partial charge is 0.490 e. The van der Waals surface area contributed by atoms with Gasteiger partial charge in [-0.1, -0.05) is 12.1 Å². The molecule has 0 spiro atoms. The van der Waals surface area contributed by atoms with Gasteiger partial charge in [0, 0.05) is 32.7 Å². The number of likely N-dealkylation sites (tertiary alicyclic amines) is 1. The van der Waals surface area contributed by atoms with Crippen LogP contribution in [-0.2, 0) is 6.54 Å². The molecule has 1 aromatic rings. The smallest absolute Gasteiger partial charge is 0.191 e. The van der Waals surface area contributed by atoms with Gasteiger partial charge in [0.1, 0.15) is 11.9 Å². The third-order valence-corrected chi connectivity index (χ3v) is 4.25. The van der Waals surface area contributed by atoms with Gasteiger partial charge in [0.05, 0.1) is 0 Å². The van der Waals surface area contributed by atoms with Crippen LogP contribution in [0.2, 0.25) is 0 Å². The van der Waals surface area contributed by atoms with Crippen molar-refractivity contribution < 1.29 is 4.74 Å². The van der Waals surface area contributed by atoms with Crippen molar-refractivity contribution in [1.82, 2.24) is 15.5 Å². The van der Waals surface area contributed by atoms with Crippen molar-refractivity contribution in [2.24, 2.45) is 4.99 Å². The fourth-order valence-corrected chi connectivity index (χ4v) is 2.82. The van der Waals surface area contributed by atoms with E-state index < -0.39 is 0 Å². The van der Waals surface area contributed by atoms with E-state index in [1.807, 2.05) is 0 Å². The van der Waals surface area contributed by atoms with E-state index >= 15 is 0 Å². The average molecular weight is 430 g/mol. The fourth-order valence-electron chi connectivity index (χ4n) is 2.82. The molecule has 2 N–H and O–H groups in total. The molecule has 0 bridgehead atoms. The Hall–Kier alpha value is -1.02. The topological polar surface area (TPSA) is 48.9 Å². The Morgan fingerprint density at radius 2 is 2.00 bits per heavy atom. The van der Waals surface area contributed by atoms with Crippen LogP contribution < -0.4 is 15.4 Å². The summed E-state index contributed by atoms with van der Waals surface area (Å²) in [7, 11) is 2.17. The summed E-state index contributed by atoms with van der Waals surface area (Å²) in [5.41, 5.74) is 1.24. The number of nitrogens with zero attached hydrogens (tertiary/aromatic N) is 2. The van der Waals surface area contributed by atoms with Crippen LogP contribution in [-0.4, -0.2) is 50.2 Å². The van der Waals surface area contributed by atoms with Gasteiger partial charge in [-0.2, -0.15) is 0 Å². The monoisotopic (exact) mass is 430 g/mol. The van der Waals surface area contributed by atoms with Gasteiger partial charge >= 0.3 is 0 Å². The van der Waals surface area contributed by atoms with Crippen LogP contribution >= 0.6 is 24.0 Å². The summed E-state index contributed by atoms with van der Waals surface area (Å²) in [6.45, 7) is 4.97. The lowest BCUT2D eigenvalue weighted by atomic mass is 10.1. The predicted octanol–water partition coefficient (Wildman–Crippen LogP) is 2.22. The van der Waals surface area contributed by atoms with Crippen molar-refractivity contribution in [1.29, 1.82) is 0 Å². The Balaban J connectivity index is 0.00000192. The second-order valence-corrected chi connectivity index (χ2v) is 6.13. The molecule has 2 aliphatic rings. The van der Waals surface area contributed by atoms with Crippen LogP contribution in [0.4, 0.5) is 0 Å². The summed E-state index contributed by atoms with van der Waals surface area (Å²) in [5, 5.41) is 6.60. The van der Waals surface area contributed by atoms with Gasteiger partial charge in [-0.3, -0.25) is 4.99 Å². The molecule has 0 radical (unpaired) electrons. The fraction of sp³-hybridized carbons (Fsp3) is 0.588. The SMILES string of the molecule is CN1CCC(Oc2ccc(CNC3=NCCCN3)cc2)CC1.I. The van der Waals surface area contributed by atoms with Gasteiger partial charge in [0.25, 0.3) is 0 Å². The lowest BCUT2D eigenvalue weighted by molar-refractivity contribution is 0.114. The molecule has 128 valence electrons. The lowest BCUT2D eigenvalue weighted by Gasteiger charge is -2.29. The van der Waals surface area contributed by atoms with E-state index in [1.54, 1.807) is 0 Å². The number of ether oxygens (including phenoxy) is 1. The molecular weight excluding hydrogens is 403 g/mol. The number of benzene rings is 1. The first-order valence-electron chi connectivity index (χ1n) is 8.26. The van der Waals surface area contributed by atoms with E-state index in [9.17, 15) is 0 Å². The summed E-state index contributed by atoms with van der Waals surface area (Å²) in [5.74, 6) is 1.89. The van der Waals surface area contributed by atoms with Crippen LogP contribution in [0, 0.1) is 0 Å². The van der Waals surface area contributed by atoms with Gasteiger partial charge in [-0.15, -0.1) is 24.0 Å². The molecule has 0 amide bonds.